The molecule has 1 amide bonds. The number of nitrogens with zero attached hydrogens (tertiary/aromatic N) is 5. The molecule has 36 heavy (non-hydrogen) atoms. The summed E-state index contributed by atoms with van der Waals surface area (Å²) in [5.41, 5.74) is 6.28. The fourth-order valence-electron chi connectivity index (χ4n) is 4.02. The number of anilines is 1. The van der Waals surface area contributed by atoms with Crippen molar-refractivity contribution in [3.63, 3.8) is 0 Å². The van der Waals surface area contributed by atoms with E-state index in [4.69, 9.17) is 15.2 Å². The first-order valence-corrected chi connectivity index (χ1v) is 11.5. The first-order chi connectivity index (χ1) is 17.4. The Hall–Kier alpha value is -4.48. The first-order valence-electron chi connectivity index (χ1n) is 11.5. The van der Waals surface area contributed by atoms with Crippen molar-refractivity contribution in [3.8, 4) is 11.5 Å². The van der Waals surface area contributed by atoms with Crippen molar-refractivity contribution in [3.05, 3.63) is 36.3 Å². The molecule has 1 saturated heterocycles. The number of aliphatic imine (C=N–C) groups is 1. The largest absolute Gasteiger partial charge is 0.493 e. The van der Waals surface area contributed by atoms with Gasteiger partial charge in [-0.1, -0.05) is 4.99 Å². The second kappa shape index (κ2) is 10.8. The predicted octanol–water partition coefficient (Wildman–Crippen LogP) is 0.0142. The molecule has 1 aliphatic heterocycles. The Morgan fingerprint density at radius 3 is 2.72 bits per heavy atom. The quantitative estimate of drug-likeness (QED) is 0.172. The van der Waals surface area contributed by atoms with Gasteiger partial charge in [-0.2, -0.15) is 0 Å². The number of hydrogen-bond donors (Lipinski definition) is 3. The maximum absolute atomic E-state index is 13.3. The summed E-state index contributed by atoms with van der Waals surface area (Å²) in [6.45, 7) is 5.92. The van der Waals surface area contributed by atoms with Crippen LogP contribution in [0.25, 0.3) is 10.9 Å². The molecule has 0 aromatic carbocycles. The molecular weight excluding hydrogens is 464 g/mol. The predicted molar refractivity (Wildman–Crippen MR) is 135 cm³/mol. The van der Waals surface area contributed by atoms with Crippen molar-refractivity contribution >= 4 is 46.4 Å². The van der Waals surface area contributed by atoms with Gasteiger partial charge < -0.3 is 30.0 Å². The van der Waals surface area contributed by atoms with E-state index in [0.29, 0.717) is 66.8 Å². The van der Waals surface area contributed by atoms with Gasteiger partial charge in [0, 0.05) is 45.5 Å². The van der Waals surface area contributed by atoms with E-state index in [1.165, 1.54) is 25.8 Å². The summed E-state index contributed by atoms with van der Waals surface area (Å²) in [4.78, 5) is 48.8. The van der Waals surface area contributed by atoms with Crippen molar-refractivity contribution in [2.45, 2.75) is 13.8 Å². The molecule has 0 bridgehead atoms. The van der Waals surface area contributed by atoms with Crippen LogP contribution in [0.3, 0.4) is 0 Å². The average Bonchev–Trinajstić information content (AvgIpc) is 3.34. The smallest absolute Gasteiger partial charge is 0.295 e. The summed E-state index contributed by atoms with van der Waals surface area (Å²) in [6.07, 6.45) is 6.09. The Kier molecular flexibility index (Phi) is 7.42. The van der Waals surface area contributed by atoms with Crippen LogP contribution >= 0.6 is 0 Å². The summed E-state index contributed by atoms with van der Waals surface area (Å²) < 4.78 is 11.1. The average molecular weight is 494 g/mol. The molecule has 0 atom stereocenters. The molecule has 3 aromatic heterocycles. The molecule has 0 saturated carbocycles. The van der Waals surface area contributed by atoms with Gasteiger partial charge in [0.2, 0.25) is 6.34 Å². The number of aromatic nitrogens is 3. The highest BCUT2D eigenvalue weighted by molar-refractivity contribution is 6.45. The van der Waals surface area contributed by atoms with Crippen LogP contribution in [0, 0.1) is 0 Å². The molecule has 4 N–H and O–H groups in total. The van der Waals surface area contributed by atoms with Gasteiger partial charge in [0.15, 0.2) is 23.2 Å². The summed E-state index contributed by atoms with van der Waals surface area (Å²) in [6, 6.07) is 3.69. The number of hydrogen-bond acceptors (Lipinski definition) is 7. The fraction of sp³-hybridized carbons (Fsp3) is 0.333. The van der Waals surface area contributed by atoms with Crippen molar-refractivity contribution < 1.29 is 24.1 Å². The van der Waals surface area contributed by atoms with Crippen LogP contribution in [-0.2, 0) is 4.79 Å². The highest BCUT2D eigenvalue weighted by Crippen LogP contribution is 2.31. The van der Waals surface area contributed by atoms with Gasteiger partial charge in [-0.15, -0.1) is 4.98 Å². The minimum absolute atomic E-state index is 0.210. The zero-order valence-electron chi connectivity index (χ0n) is 20.4. The number of Topliss-reactive ketones (excluding diaryl/α,β-unsaturated/α-hetero) is 1. The number of nitrogens with two attached hydrogens (primary N) is 1. The van der Waals surface area contributed by atoms with Gasteiger partial charge in [-0.05, 0) is 19.1 Å². The van der Waals surface area contributed by atoms with Crippen molar-refractivity contribution in [2.24, 2.45) is 10.7 Å². The molecule has 4 heterocycles. The zero-order valence-corrected chi connectivity index (χ0v) is 20.4. The van der Waals surface area contributed by atoms with E-state index >= 15 is 0 Å². The standard InChI is InChI=1S/C24H28N8O4/c1-4-36-17-6-5-7-26-23(17)31-8-10-32(11-9-31)24(34)21(33)16-12-27-20-19(16)18(35-3)13-28-22(20)30-14-29-15(2)25/h5-7,12-14,27H,4,8-11H2,1-3H3,(H2,25,28,29,30)/p+1. The van der Waals surface area contributed by atoms with Crippen LogP contribution in [0.5, 0.6) is 11.5 Å². The second-order valence-electron chi connectivity index (χ2n) is 8.04. The van der Waals surface area contributed by atoms with Gasteiger partial charge in [0.05, 0.1) is 24.7 Å². The fourth-order valence-corrected chi connectivity index (χ4v) is 4.02. The number of nitrogens with one attached hydrogen (secondary N) is 2. The molecule has 1 aliphatic rings. The Morgan fingerprint density at radius 2 is 2.03 bits per heavy atom. The van der Waals surface area contributed by atoms with Crippen molar-refractivity contribution in [1.29, 1.82) is 0 Å². The molecule has 0 spiro atoms. The lowest BCUT2D eigenvalue weighted by Crippen LogP contribution is -2.62. The van der Waals surface area contributed by atoms with E-state index in [1.807, 2.05) is 19.1 Å². The van der Waals surface area contributed by atoms with Gasteiger partial charge >= 0.3 is 0 Å². The Bertz CT molecular complexity index is 1320. The number of ether oxygens (including phenoxy) is 2. The summed E-state index contributed by atoms with van der Waals surface area (Å²) in [5, 5.41) is 0.462. The lowest BCUT2D eigenvalue weighted by Gasteiger charge is -2.35. The van der Waals surface area contributed by atoms with E-state index in [9.17, 15) is 9.59 Å². The lowest BCUT2D eigenvalue weighted by molar-refractivity contribution is -0.351. The number of fused-ring (bicyclic) bond motifs is 1. The molecule has 1 fully saturated rings. The summed E-state index contributed by atoms with van der Waals surface area (Å²) in [7, 11) is 1.48. The molecule has 188 valence electrons. The van der Waals surface area contributed by atoms with E-state index < -0.39 is 11.7 Å². The van der Waals surface area contributed by atoms with Crippen LogP contribution < -0.4 is 25.1 Å². The van der Waals surface area contributed by atoms with Crippen LogP contribution in [0.1, 0.15) is 24.2 Å². The SMILES string of the molecule is CCOc1cccnc1N1CCN(C(=O)C(=O)c2c[nH]c3c([NH+]=CN=C(C)N)ncc(OC)c23)CC1. The third-order valence-corrected chi connectivity index (χ3v) is 5.72. The normalized spacial score (nSPS) is 14.5. The van der Waals surface area contributed by atoms with E-state index in [2.05, 4.69) is 29.8 Å². The number of amidine groups is 1. The Morgan fingerprint density at radius 1 is 1.25 bits per heavy atom. The lowest BCUT2D eigenvalue weighted by atomic mass is 10.1. The van der Waals surface area contributed by atoms with Gasteiger partial charge in [0.1, 0.15) is 11.7 Å². The van der Waals surface area contributed by atoms with Crippen LogP contribution in [0.2, 0.25) is 0 Å². The maximum atomic E-state index is 13.3. The number of pyridine rings is 2. The number of piperazine rings is 1. The van der Waals surface area contributed by atoms with E-state index in [-0.39, 0.29) is 5.56 Å². The van der Waals surface area contributed by atoms with Crippen molar-refractivity contribution in [1.82, 2.24) is 19.9 Å². The number of H-pyrrole nitrogens is 1. The first kappa shape index (κ1) is 24.6. The third-order valence-electron chi connectivity index (χ3n) is 5.72. The minimum Gasteiger partial charge on any atom is -0.493 e. The van der Waals surface area contributed by atoms with Crippen LogP contribution in [0.15, 0.2) is 35.7 Å². The van der Waals surface area contributed by atoms with Gasteiger partial charge in [-0.25, -0.2) is 9.98 Å². The highest BCUT2D eigenvalue weighted by atomic mass is 16.5. The molecule has 0 aliphatic carbocycles. The van der Waals surface area contributed by atoms with Crippen molar-refractivity contribution in [2.75, 3.05) is 44.8 Å². The Labute approximate surface area is 207 Å². The van der Waals surface area contributed by atoms with E-state index in [1.54, 1.807) is 18.0 Å². The molecule has 4 rings (SSSR count). The topological polar surface area (TPSA) is 153 Å². The number of carbonyl (C=O) groups is 2. The minimum atomic E-state index is -0.627. The monoisotopic (exact) mass is 493 g/mol. The van der Waals surface area contributed by atoms with Crippen LogP contribution in [0.4, 0.5) is 11.6 Å². The molecule has 12 nitrogen and oxygen atoms in total. The molecular formula is C24H29N8O4+. The van der Waals surface area contributed by atoms with Crippen LogP contribution in [-0.4, -0.2) is 83.6 Å². The highest BCUT2D eigenvalue weighted by Gasteiger charge is 2.31. The number of carbonyl (C=O) groups excluding carboxylic acids is 2. The second-order valence-corrected chi connectivity index (χ2v) is 8.04. The summed E-state index contributed by atoms with van der Waals surface area (Å²) in [5.74, 6) is 1.38. The molecule has 12 heteroatoms. The number of amides is 1. The molecule has 0 unspecified atom stereocenters. The summed E-state index contributed by atoms with van der Waals surface area (Å²) >= 11 is 0. The molecule has 0 radical (unpaired) electrons. The number of ketones is 1. The number of aromatic amines is 1. The zero-order chi connectivity index (χ0) is 25.7. The number of rotatable bonds is 8. The maximum Gasteiger partial charge on any atom is 0.295 e. The Balaban J connectivity index is 1.53. The third kappa shape index (κ3) is 4.97. The van der Waals surface area contributed by atoms with Gasteiger partial charge in [-0.3, -0.25) is 9.59 Å². The number of methoxy groups -OCH3 is 1. The van der Waals surface area contributed by atoms with Gasteiger partial charge in [0.25, 0.3) is 17.5 Å². The van der Waals surface area contributed by atoms with E-state index in [0.717, 1.165) is 5.82 Å². The molecule has 3 aromatic rings.